The molecule has 7 heteroatoms. The number of carbonyl (C=O) groups excluding carboxylic acids is 1. The zero-order valence-corrected chi connectivity index (χ0v) is 15.8. The van der Waals surface area contributed by atoms with Gasteiger partial charge in [0.2, 0.25) is 0 Å². The average molecular weight is 365 g/mol. The number of ether oxygens (including phenoxy) is 1. The molecule has 136 valence electrons. The predicted molar refractivity (Wildman–Crippen MR) is 100 cm³/mol. The van der Waals surface area contributed by atoms with Gasteiger partial charge in [-0.3, -0.25) is 4.79 Å². The van der Waals surface area contributed by atoms with Gasteiger partial charge in [0.25, 0.3) is 5.91 Å². The van der Waals surface area contributed by atoms with Gasteiger partial charge >= 0.3 is 0 Å². The number of nitrogens with one attached hydrogen (secondary N) is 1. The lowest BCUT2D eigenvalue weighted by Crippen LogP contribution is -2.55. The Hall–Kier alpha value is -2.05. The lowest BCUT2D eigenvalue weighted by molar-refractivity contribution is 0.0667. The van der Waals surface area contributed by atoms with Gasteiger partial charge in [-0.25, -0.2) is 4.68 Å². The molecule has 2 aromatic rings. The first-order valence-electron chi connectivity index (χ1n) is 8.24. The number of methoxy groups -OCH3 is 1. The number of carbonyl (C=O) groups is 1. The second-order valence-corrected chi connectivity index (χ2v) is 6.50. The minimum Gasteiger partial charge on any atom is -0.494 e. The van der Waals surface area contributed by atoms with Crippen LogP contribution in [-0.4, -0.2) is 52.9 Å². The number of amides is 1. The van der Waals surface area contributed by atoms with Gasteiger partial charge in [-0.1, -0.05) is 6.07 Å². The Morgan fingerprint density at radius 2 is 1.92 bits per heavy atom. The van der Waals surface area contributed by atoms with E-state index in [0.29, 0.717) is 18.8 Å². The summed E-state index contributed by atoms with van der Waals surface area (Å²) in [6.07, 6.45) is 1.81. The monoisotopic (exact) mass is 364 g/mol. The number of rotatable bonds is 3. The van der Waals surface area contributed by atoms with Gasteiger partial charge in [0.1, 0.15) is 11.4 Å². The van der Waals surface area contributed by atoms with E-state index >= 15 is 0 Å². The molecular weight excluding hydrogens is 340 g/mol. The van der Waals surface area contributed by atoms with Crippen LogP contribution in [0.1, 0.15) is 29.9 Å². The Kier molecular flexibility index (Phi) is 6.08. The summed E-state index contributed by atoms with van der Waals surface area (Å²) in [5, 5.41) is 7.91. The maximum Gasteiger partial charge on any atom is 0.274 e. The van der Waals surface area contributed by atoms with Crippen molar-refractivity contribution >= 4 is 18.3 Å². The molecule has 1 amide bonds. The van der Waals surface area contributed by atoms with Gasteiger partial charge < -0.3 is 15.0 Å². The van der Waals surface area contributed by atoms with Crippen molar-refractivity contribution in [1.82, 2.24) is 20.0 Å². The van der Waals surface area contributed by atoms with Gasteiger partial charge in [-0.05, 0) is 44.5 Å². The van der Waals surface area contributed by atoms with Gasteiger partial charge in [-0.15, -0.1) is 12.4 Å². The van der Waals surface area contributed by atoms with Crippen LogP contribution in [0.25, 0.3) is 5.69 Å². The first kappa shape index (κ1) is 19.3. The lowest BCUT2D eigenvalue weighted by Gasteiger charge is -2.35. The Labute approximate surface area is 154 Å². The normalized spacial score (nSPS) is 20.1. The molecule has 1 aromatic carbocycles. The molecule has 0 saturated carbocycles. The van der Waals surface area contributed by atoms with Crippen LogP contribution in [0.5, 0.6) is 5.75 Å². The molecular formula is C18H25ClN4O2. The van der Waals surface area contributed by atoms with Crippen LogP contribution in [-0.2, 0) is 0 Å². The fourth-order valence-electron chi connectivity index (χ4n) is 3.21. The van der Waals surface area contributed by atoms with Crippen LogP contribution in [0, 0.1) is 6.92 Å². The van der Waals surface area contributed by atoms with E-state index in [2.05, 4.69) is 24.3 Å². The van der Waals surface area contributed by atoms with Crippen molar-refractivity contribution < 1.29 is 9.53 Å². The van der Waals surface area contributed by atoms with Crippen LogP contribution in [0.2, 0.25) is 0 Å². The summed E-state index contributed by atoms with van der Waals surface area (Å²) in [7, 11) is 1.63. The summed E-state index contributed by atoms with van der Waals surface area (Å²) in [5.41, 5.74) is 2.40. The highest BCUT2D eigenvalue weighted by Gasteiger charge is 2.27. The van der Waals surface area contributed by atoms with Gasteiger partial charge in [0.05, 0.1) is 7.11 Å². The molecule has 1 fully saturated rings. The Bertz CT molecular complexity index is 736. The Morgan fingerprint density at radius 1 is 1.24 bits per heavy atom. The highest BCUT2D eigenvalue weighted by molar-refractivity contribution is 5.92. The van der Waals surface area contributed by atoms with E-state index in [1.165, 1.54) is 0 Å². The number of nitrogens with zero attached hydrogens (tertiary/aromatic N) is 3. The lowest BCUT2D eigenvalue weighted by atomic mass is 10.1. The topological polar surface area (TPSA) is 59.4 Å². The van der Waals surface area contributed by atoms with Crippen molar-refractivity contribution in [2.45, 2.75) is 32.9 Å². The van der Waals surface area contributed by atoms with Crippen molar-refractivity contribution in [1.29, 1.82) is 0 Å². The summed E-state index contributed by atoms with van der Waals surface area (Å²) < 4.78 is 7.11. The molecule has 1 saturated heterocycles. The third kappa shape index (κ3) is 4.14. The van der Waals surface area contributed by atoms with E-state index in [-0.39, 0.29) is 30.4 Å². The molecule has 2 unspecified atom stereocenters. The molecule has 0 spiro atoms. The van der Waals surface area contributed by atoms with E-state index < -0.39 is 0 Å². The summed E-state index contributed by atoms with van der Waals surface area (Å²) in [6.45, 7) is 7.59. The highest BCUT2D eigenvalue weighted by Crippen LogP contribution is 2.23. The molecule has 2 atom stereocenters. The maximum absolute atomic E-state index is 12.7. The van der Waals surface area contributed by atoms with Crippen LogP contribution in [0.15, 0.2) is 30.5 Å². The number of piperazine rings is 1. The number of hydrogen-bond acceptors (Lipinski definition) is 4. The predicted octanol–water partition coefficient (Wildman–Crippen LogP) is 2.43. The minimum absolute atomic E-state index is 0. The molecule has 1 aliphatic rings. The third-order valence-corrected chi connectivity index (χ3v) is 4.23. The van der Waals surface area contributed by atoms with Crippen LogP contribution in [0.3, 0.4) is 0 Å². The van der Waals surface area contributed by atoms with Crippen molar-refractivity contribution in [2.75, 3.05) is 20.2 Å². The molecule has 1 aliphatic heterocycles. The molecule has 0 bridgehead atoms. The molecule has 1 N–H and O–H groups in total. The molecule has 0 radical (unpaired) electrons. The van der Waals surface area contributed by atoms with Crippen molar-refractivity contribution in [2.24, 2.45) is 0 Å². The van der Waals surface area contributed by atoms with Crippen molar-refractivity contribution in [3.8, 4) is 11.4 Å². The first-order valence-corrected chi connectivity index (χ1v) is 8.24. The summed E-state index contributed by atoms with van der Waals surface area (Å²) >= 11 is 0. The highest BCUT2D eigenvalue weighted by atomic mass is 35.5. The second kappa shape index (κ2) is 7.89. The number of halogens is 1. The summed E-state index contributed by atoms with van der Waals surface area (Å²) in [5.74, 6) is 0.702. The Morgan fingerprint density at radius 3 is 2.56 bits per heavy atom. The van der Waals surface area contributed by atoms with Crippen molar-refractivity contribution in [3.63, 3.8) is 0 Å². The molecule has 0 aliphatic carbocycles. The van der Waals surface area contributed by atoms with E-state index in [0.717, 1.165) is 17.0 Å². The van der Waals surface area contributed by atoms with Crippen molar-refractivity contribution in [3.05, 3.63) is 41.7 Å². The Balaban J connectivity index is 0.00000225. The SMILES string of the molecule is COc1ccc(C)cc1-n1ccc(C(=O)N2CC(C)NC(C)C2)n1.Cl. The maximum atomic E-state index is 12.7. The fraction of sp³-hybridized carbons (Fsp3) is 0.444. The van der Waals surface area contributed by atoms with Gasteiger partial charge in [0.15, 0.2) is 5.69 Å². The summed E-state index contributed by atoms with van der Waals surface area (Å²) in [6, 6.07) is 8.24. The van der Waals surface area contributed by atoms with E-state index in [9.17, 15) is 4.79 Å². The van der Waals surface area contributed by atoms with Gasteiger partial charge in [-0.2, -0.15) is 5.10 Å². The second-order valence-electron chi connectivity index (χ2n) is 6.50. The quantitative estimate of drug-likeness (QED) is 0.908. The number of aryl methyl sites for hydroxylation is 1. The molecule has 25 heavy (non-hydrogen) atoms. The smallest absolute Gasteiger partial charge is 0.274 e. The first-order chi connectivity index (χ1) is 11.5. The number of benzene rings is 1. The molecule has 1 aromatic heterocycles. The standard InChI is InChI=1S/C18H24N4O2.ClH/c1-12-5-6-17(24-4)16(9-12)22-8-7-15(20-22)18(23)21-10-13(2)19-14(3)11-21;/h5-9,13-14,19H,10-11H2,1-4H3;1H. The van der Waals surface area contributed by atoms with Gasteiger partial charge in [0, 0.05) is 31.4 Å². The van der Waals surface area contributed by atoms with Crippen LogP contribution < -0.4 is 10.1 Å². The minimum atomic E-state index is -0.0273. The fourth-order valence-corrected chi connectivity index (χ4v) is 3.21. The zero-order chi connectivity index (χ0) is 17.3. The van der Waals surface area contributed by atoms with E-state index in [1.807, 2.05) is 30.0 Å². The summed E-state index contributed by atoms with van der Waals surface area (Å²) in [4.78, 5) is 14.6. The average Bonchev–Trinajstić information content (AvgIpc) is 3.03. The van der Waals surface area contributed by atoms with E-state index in [4.69, 9.17) is 4.74 Å². The van der Waals surface area contributed by atoms with E-state index in [1.54, 1.807) is 24.1 Å². The number of aromatic nitrogens is 2. The largest absolute Gasteiger partial charge is 0.494 e. The number of hydrogen-bond donors (Lipinski definition) is 1. The molecule has 6 nitrogen and oxygen atoms in total. The zero-order valence-electron chi connectivity index (χ0n) is 15.0. The van der Waals surface area contributed by atoms with Crippen LogP contribution in [0.4, 0.5) is 0 Å². The third-order valence-electron chi connectivity index (χ3n) is 4.23. The molecule has 3 rings (SSSR count). The molecule has 2 heterocycles. The van der Waals surface area contributed by atoms with Crippen LogP contribution >= 0.6 is 12.4 Å².